The first-order valence-corrected chi connectivity index (χ1v) is 6.21. The molecule has 1 unspecified atom stereocenters. The Bertz CT molecular complexity index is 546. The van der Waals surface area contributed by atoms with Gasteiger partial charge in [-0.15, -0.1) is 0 Å². The van der Waals surface area contributed by atoms with Crippen LogP contribution in [0.25, 0.3) is 0 Å². The first-order chi connectivity index (χ1) is 9.62. The van der Waals surface area contributed by atoms with E-state index in [9.17, 15) is 24.4 Å². The van der Waals surface area contributed by atoms with E-state index in [0.29, 0.717) is 6.54 Å². The van der Waals surface area contributed by atoms with Crippen molar-refractivity contribution in [3.8, 4) is 0 Å². The van der Waals surface area contributed by atoms with Gasteiger partial charge in [0.15, 0.2) is 0 Å². The molecule has 0 saturated heterocycles. The minimum Gasteiger partial charge on any atom is -0.387 e. The zero-order valence-corrected chi connectivity index (χ0v) is 12.1. The van der Waals surface area contributed by atoms with Crippen LogP contribution < -0.4 is 5.32 Å². The molecule has 0 radical (unpaired) electrons. The molecule has 8 heteroatoms. The molecule has 0 bridgehead atoms. The summed E-state index contributed by atoms with van der Waals surface area (Å²) in [5, 5.41) is 23.3. The van der Waals surface area contributed by atoms with Gasteiger partial charge in [0.2, 0.25) is 0 Å². The molecule has 0 aliphatic heterocycles. The Kier molecular flexibility index (Phi) is 5.34. The van der Waals surface area contributed by atoms with Crippen molar-refractivity contribution in [3.05, 3.63) is 39.7 Å². The number of carbonyl (C=O) groups excluding carboxylic acids is 1. The first kappa shape index (κ1) is 17.0. The number of nitrogens with zero attached hydrogens (tertiary/aromatic N) is 2. The molecule has 1 atom stereocenters. The summed E-state index contributed by atoms with van der Waals surface area (Å²) in [6, 6.07) is 2.65. The van der Waals surface area contributed by atoms with Gasteiger partial charge in [0.05, 0.1) is 10.5 Å². The van der Waals surface area contributed by atoms with Crippen molar-refractivity contribution in [3.63, 3.8) is 0 Å². The summed E-state index contributed by atoms with van der Waals surface area (Å²) in [6.07, 6.45) is 0. The number of halogens is 1. The number of benzene rings is 1. The molecular weight excluding hydrogens is 281 g/mol. The summed E-state index contributed by atoms with van der Waals surface area (Å²) in [5.74, 6) is -1.55. The van der Waals surface area contributed by atoms with E-state index in [2.05, 4.69) is 5.32 Å². The predicted octanol–water partition coefficient (Wildman–Crippen LogP) is 0.776. The third-order valence-corrected chi connectivity index (χ3v) is 2.69. The topological polar surface area (TPSA) is 95.7 Å². The molecule has 0 aliphatic carbocycles. The summed E-state index contributed by atoms with van der Waals surface area (Å²) < 4.78 is 13.2. The largest absolute Gasteiger partial charge is 0.387 e. The second-order valence-electron chi connectivity index (χ2n) is 5.34. The van der Waals surface area contributed by atoms with Crippen molar-refractivity contribution < 1.29 is 19.2 Å². The van der Waals surface area contributed by atoms with E-state index < -0.39 is 27.9 Å². The van der Waals surface area contributed by atoms with E-state index in [4.69, 9.17) is 0 Å². The maximum absolute atomic E-state index is 13.2. The first-order valence-electron chi connectivity index (χ1n) is 6.21. The van der Waals surface area contributed by atoms with Gasteiger partial charge in [0.1, 0.15) is 11.4 Å². The SMILES string of the molecule is CN(C)CC(C)(O)CNC(=O)c1cc(F)ccc1[N+](=O)[O-]. The fraction of sp³-hybridized carbons (Fsp3) is 0.462. The summed E-state index contributed by atoms with van der Waals surface area (Å²) in [5.41, 5.74) is -2.07. The molecule has 7 nitrogen and oxygen atoms in total. The molecule has 1 aromatic carbocycles. The van der Waals surface area contributed by atoms with Crippen LogP contribution in [0.2, 0.25) is 0 Å². The molecule has 0 aliphatic rings. The molecule has 0 spiro atoms. The standard InChI is InChI=1S/C13H18FN3O4/c1-13(19,8-16(2)3)7-15-12(18)10-6-9(14)4-5-11(10)17(20)21/h4-6,19H,7-8H2,1-3H3,(H,15,18). The number of hydrogen-bond donors (Lipinski definition) is 2. The van der Waals surface area contributed by atoms with Gasteiger partial charge in [-0.05, 0) is 33.2 Å². The highest BCUT2D eigenvalue weighted by atomic mass is 19.1. The maximum Gasteiger partial charge on any atom is 0.282 e. The average molecular weight is 299 g/mol. The van der Waals surface area contributed by atoms with Gasteiger partial charge in [-0.25, -0.2) is 4.39 Å². The van der Waals surface area contributed by atoms with Gasteiger partial charge in [-0.3, -0.25) is 14.9 Å². The van der Waals surface area contributed by atoms with Crippen LogP contribution in [0, 0.1) is 15.9 Å². The third kappa shape index (κ3) is 5.09. The number of likely N-dealkylation sites (N-methyl/N-ethyl adjacent to an activating group) is 1. The molecule has 2 N–H and O–H groups in total. The molecule has 0 heterocycles. The van der Waals surface area contributed by atoms with Gasteiger partial charge in [-0.1, -0.05) is 0 Å². The van der Waals surface area contributed by atoms with Crippen LogP contribution in [0.4, 0.5) is 10.1 Å². The number of aliphatic hydroxyl groups is 1. The van der Waals surface area contributed by atoms with Crippen molar-refractivity contribution in [1.29, 1.82) is 0 Å². The van der Waals surface area contributed by atoms with Crippen LogP contribution in [0.3, 0.4) is 0 Å². The lowest BCUT2D eigenvalue weighted by Crippen LogP contribution is -2.47. The minimum atomic E-state index is -1.21. The number of amides is 1. The van der Waals surface area contributed by atoms with Crippen molar-refractivity contribution >= 4 is 11.6 Å². The fourth-order valence-corrected chi connectivity index (χ4v) is 1.95. The molecule has 1 amide bonds. The average Bonchev–Trinajstić information content (AvgIpc) is 2.34. The number of nitrogens with one attached hydrogen (secondary N) is 1. The molecule has 116 valence electrons. The van der Waals surface area contributed by atoms with Gasteiger partial charge < -0.3 is 15.3 Å². The number of hydrogen-bond acceptors (Lipinski definition) is 5. The summed E-state index contributed by atoms with van der Waals surface area (Å²) in [4.78, 5) is 23.8. The van der Waals surface area contributed by atoms with Crippen LogP contribution in [0.1, 0.15) is 17.3 Å². The second kappa shape index (κ2) is 6.59. The minimum absolute atomic E-state index is 0.113. The zero-order valence-electron chi connectivity index (χ0n) is 12.1. The Balaban J connectivity index is 2.85. The Morgan fingerprint density at radius 1 is 1.52 bits per heavy atom. The lowest BCUT2D eigenvalue weighted by Gasteiger charge is -2.27. The van der Waals surface area contributed by atoms with Crippen LogP contribution in [0.15, 0.2) is 18.2 Å². The molecule has 21 heavy (non-hydrogen) atoms. The highest BCUT2D eigenvalue weighted by Gasteiger charge is 2.25. The van der Waals surface area contributed by atoms with E-state index in [1.54, 1.807) is 19.0 Å². The van der Waals surface area contributed by atoms with E-state index in [0.717, 1.165) is 18.2 Å². The summed E-state index contributed by atoms with van der Waals surface area (Å²) >= 11 is 0. The third-order valence-electron chi connectivity index (χ3n) is 2.69. The molecule has 0 aromatic heterocycles. The normalized spacial score (nSPS) is 13.8. The Labute approximate surface area is 121 Å². The number of carbonyl (C=O) groups is 1. The maximum atomic E-state index is 13.2. The van der Waals surface area contributed by atoms with E-state index in [1.165, 1.54) is 6.92 Å². The monoisotopic (exact) mass is 299 g/mol. The molecule has 0 saturated carbocycles. The highest BCUT2D eigenvalue weighted by Crippen LogP contribution is 2.19. The van der Waals surface area contributed by atoms with Gasteiger partial charge >= 0.3 is 0 Å². The van der Waals surface area contributed by atoms with E-state index in [1.807, 2.05) is 0 Å². The summed E-state index contributed by atoms with van der Waals surface area (Å²) in [6.45, 7) is 1.70. The van der Waals surface area contributed by atoms with Crippen molar-refractivity contribution in [2.24, 2.45) is 0 Å². The van der Waals surface area contributed by atoms with E-state index >= 15 is 0 Å². The van der Waals surface area contributed by atoms with Crippen LogP contribution >= 0.6 is 0 Å². The van der Waals surface area contributed by atoms with E-state index in [-0.39, 0.29) is 12.1 Å². The predicted molar refractivity (Wildman–Crippen MR) is 74.6 cm³/mol. The molecule has 1 rings (SSSR count). The number of nitro benzene ring substituents is 1. The quantitative estimate of drug-likeness (QED) is 0.597. The van der Waals surface area contributed by atoms with Gasteiger partial charge in [0.25, 0.3) is 11.6 Å². The van der Waals surface area contributed by atoms with Crippen molar-refractivity contribution in [1.82, 2.24) is 10.2 Å². The smallest absolute Gasteiger partial charge is 0.282 e. The van der Waals surface area contributed by atoms with Crippen LogP contribution in [-0.2, 0) is 0 Å². The second-order valence-corrected chi connectivity index (χ2v) is 5.34. The molecular formula is C13H18FN3O4. The fourth-order valence-electron chi connectivity index (χ4n) is 1.95. The lowest BCUT2D eigenvalue weighted by molar-refractivity contribution is -0.385. The van der Waals surface area contributed by atoms with Crippen molar-refractivity contribution in [2.75, 3.05) is 27.2 Å². The summed E-state index contributed by atoms with van der Waals surface area (Å²) in [7, 11) is 3.52. The molecule has 0 fully saturated rings. The molecule has 1 aromatic rings. The Morgan fingerprint density at radius 3 is 2.67 bits per heavy atom. The van der Waals surface area contributed by atoms with Crippen LogP contribution in [-0.4, -0.2) is 53.6 Å². The Morgan fingerprint density at radius 2 is 2.14 bits per heavy atom. The zero-order chi connectivity index (χ0) is 16.2. The lowest BCUT2D eigenvalue weighted by atomic mass is 10.1. The van der Waals surface area contributed by atoms with Crippen LogP contribution in [0.5, 0.6) is 0 Å². The van der Waals surface area contributed by atoms with Gasteiger partial charge in [-0.2, -0.15) is 0 Å². The number of rotatable bonds is 6. The Hall–Kier alpha value is -2.06. The highest BCUT2D eigenvalue weighted by molar-refractivity contribution is 5.98. The number of nitro groups is 1. The van der Waals surface area contributed by atoms with Crippen molar-refractivity contribution in [2.45, 2.75) is 12.5 Å². The van der Waals surface area contributed by atoms with Gasteiger partial charge in [0, 0.05) is 19.2 Å².